The van der Waals surface area contributed by atoms with Crippen molar-refractivity contribution in [2.75, 3.05) is 5.32 Å². The Morgan fingerprint density at radius 1 is 1.14 bits per heavy atom. The van der Waals surface area contributed by atoms with E-state index in [4.69, 9.17) is 11.6 Å². The molecule has 0 bridgehead atoms. The van der Waals surface area contributed by atoms with E-state index in [2.05, 4.69) is 20.4 Å². The van der Waals surface area contributed by atoms with E-state index in [1.54, 1.807) is 16.9 Å². The van der Waals surface area contributed by atoms with Gasteiger partial charge in [0, 0.05) is 29.1 Å². The first-order valence-electron chi connectivity index (χ1n) is 8.93. The van der Waals surface area contributed by atoms with Crippen LogP contribution in [-0.4, -0.2) is 30.2 Å². The molecule has 4 aromatic rings. The van der Waals surface area contributed by atoms with Crippen LogP contribution < -0.4 is 5.32 Å². The van der Waals surface area contributed by atoms with Gasteiger partial charge in [-0.2, -0.15) is 5.10 Å². The highest BCUT2D eigenvalue weighted by Crippen LogP contribution is 2.31. The summed E-state index contributed by atoms with van der Waals surface area (Å²) in [5.74, 6) is 0.165. The topological polar surface area (TPSA) is 77.6 Å². The Morgan fingerprint density at radius 2 is 1.89 bits per heavy atom. The summed E-state index contributed by atoms with van der Waals surface area (Å²) in [7, 11) is 0. The van der Waals surface area contributed by atoms with Crippen LogP contribution in [0.5, 0.6) is 0 Å². The molecule has 1 N–H and O–H groups in total. The van der Waals surface area contributed by atoms with Gasteiger partial charge in [-0.3, -0.25) is 14.0 Å². The molecule has 3 aromatic heterocycles. The quantitative estimate of drug-likeness (QED) is 0.563. The lowest BCUT2D eigenvalue weighted by atomic mass is 10.2. The Hall–Kier alpha value is -3.19. The number of fused-ring (bicyclic) bond motifs is 1. The molecule has 0 unspecified atom stereocenters. The number of carbonyl (C=O) groups is 1. The second-order valence-electron chi connectivity index (χ2n) is 6.45. The van der Waals surface area contributed by atoms with Gasteiger partial charge in [-0.15, -0.1) is 0 Å². The van der Waals surface area contributed by atoms with E-state index < -0.39 is 0 Å². The normalized spacial score (nSPS) is 11.1. The molecular formula is C20H19ClN6O. The van der Waals surface area contributed by atoms with E-state index in [0.717, 1.165) is 28.0 Å². The predicted octanol–water partition coefficient (Wildman–Crippen LogP) is 4.16. The number of hydrogen-bond acceptors (Lipinski definition) is 4. The molecular weight excluding hydrogens is 376 g/mol. The third-order valence-electron chi connectivity index (χ3n) is 4.81. The van der Waals surface area contributed by atoms with Crippen LogP contribution >= 0.6 is 11.6 Å². The number of nitrogens with zero attached hydrogens (tertiary/aromatic N) is 5. The van der Waals surface area contributed by atoms with Crippen molar-refractivity contribution >= 4 is 34.4 Å². The molecule has 0 saturated heterocycles. The van der Waals surface area contributed by atoms with Gasteiger partial charge in [0.1, 0.15) is 12.1 Å². The second-order valence-corrected chi connectivity index (χ2v) is 6.89. The van der Waals surface area contributed by atoms with Crippen molar-refractivity contribution in [3.05, 3.63) is 64.8 Å². The molecule has 28 heavy (non-hydrogen) atoms. The van der Waals surface area contributed by atoms with Crippen LogP contribution in [0.3, 0.4) is 0 Å². The average Bonchev–Trinajstić information content (AvgIpc) is 3.27. The van der Waals surface area contributed by atoms with Crippen molar-refractivity contribution in [2.45, 2.75) is 27.3 Å². The van der Waals surface area contributed by atoms with Gasteiger partial charge in [-0.25, -0.2) is 9.97 Å². The maximum atomic E-state index is 12.6. The van der Waals surface area contributed by atoms with E-state index >= 15 is 0 Å². The highest BCUT2D eigenvalue weighted by Gasteiger charge is 2.20. The van der Waals surface area contributed by atoms with Crippen LogP contribution in [0.2, 0.25) is 5.02 Å². The molecule has 142 valence electrons. The number of amides is 1. The molecule has 3 heterocycles. The molecule has 1 amide bonds. The lowest BCUT2D eigenvalue weighted by molar-refractivity contribution is 0.102. The minimum Gasteiger partial charge on any atom is -0.304 e. The van der Waals surface area contributed by atoms with Gasteiger partial charge in [-0.1, -0.05) is 11.6 Å². The largest absolute Gasteiger partial charge is 0.304 e. The zero-order valence-electron chi connectivity index (χ0n) is 15.8. The molecule has 1 aromatic carbocycles. The maximum Gasteiger partial charge on any atom is 0.277 e. The van der Waals surface area contributed by atoms with Gasteiger partial charge in [-0.05, 0) is 56.7 Å². The van der Waals surface area contributed by atoms with Crippen molar-refractivity contribution in [3.8, 4) is 5.69 Å². The third kappa shape index (κ3) is 3.03. The number of aromatic nitrogens is 5. The Bertz CT molecular complexity index is 1180. The smallest absolute Gasteiger partial charge is 0.277 e. The molecule has 4 rings (SSSR count). The summed E-state index contributed by atoms with van der Waals surface area (Å²) in [4.78, 5) is 21.4. The maximum absolute atomic E-state index is 12.6. The molecule has 0 atom stereocenters. The van der Waals surface area contributed by atoms with Crippen LogP contribution in [0.25, 0.3) is 16.7 Å². The zero-order valence-corrected chi connectivity index (χ0v) is 16.5. The molecule has 0 fully saturated rings. The minimum absolute atomic E-state index is 0.302. The molecule has 0 aliphatic carbocycles. The summed E-state index contributed by atoms with van der Waals surface area (Å²) >= 11 is 6.03. The number of anilines is 1. The number of aryl methyl sites for hydroxylation is 2. The van der Waals surface area contributed by atoms with Crippen molar-refractivity contribution < 1.29 is 4.79 Å². The number of nitrogens with one attached hydrogen (secondary N) is 1. The average molecular weight is 395 g/mol. The highest BCUT2D eigenvalue weighted by atomic mass is 35.5. The van der Waals surface area contributed by atoms with E-state index in [9.17, 15) is 4.79 Å². The minimum atomic E-state index is -0.302. The fourth-order valence-electron chi connectivity index (χ4n) is 3.23. The Balaban J connectivity index is 1.79. The standard InChI is InChI=1S/C20H19ClN6O/c1-4-26-10-9-16(25-26)20(28)24-18-17-12(2)13(3)27(19(17)23-11-22-18)15-7-5-14(21)6-8-15/h5-11H,4H2,1-3H3,(H,22,23,24,28). The van der Waals surface area contributed by atoms with Crippen LogP contribution in [-0.2, 0) is 6.54 Å². The Kier molecular flexibility index (Phi) is 4.60. The van der Waals surface area contributed by atoms with E-state index in [0.29, 0.717) is 23.1 Å². The number of rotatable bonds is 4. The van der Waals surface area contributed by atoms with Crippen molar-refractivity contribution in [1.82, 2.24) is 24.3 Å². The van der Waals surface area contributed by atoms with Gasteiger partial charge < -0.3 is 5.32 Å². The van der Waals surface area contributed by atoms with Gasteiger partial charge in [0.2, 0.25) is 0 Å². The summed E-state index contributed by atoms with van der Waals surface area (Å²) in [5, 5.41) is 8.60. The first-order chi connectivity index (χ1) is 13.5. The zero-order chi connectivity index (χ0) is 19.8. The lowest BCUT2D eigenvalue weighted by Gasteiger charge is -2.08. The summed E-state index contributed by atoms with van der Waals surface area (Å²) in [6.45, 7) is 6.68. The molecule has 8 heteroatoms. The van der Waals surface area contributed by atoms with Gasteiger partial charge in [0.15, 0.2) is 11.3 Å². The number of halogens is 1. The van der Waals surface area contributed by atoms with Crippen LogP contribution in [0, 0.1) is 13.8 Å². The summed E-state index contributed by atoms with van der Waals surface area (Å²) in [6.07, 6.45) is 3.23. The lowest BCUT2D eigenvalue weighted by Crippen LogP contribution is -2.15. The van der Waals surface area contributed by atoms with Crippen molar-refractivity contribution in [1.29, 1.82) is 0 Å². The number of benzene rings is 1. The van der Waals surface area contributed by atoms with E-state index in [1.165, 1.54) is 6.33 Å². The molecule has 0 aliphatic rings. The van der Waals surface area contributed by atoms with E-state index in [1.807, 2.05) is 49.6 Å². The van der Waals surface area contributed by atoms with Crippen molar-refractivity contribution in [3.63, 3.8) is 0 Å². The molecule has 0 saturated carbocycles. The fraction of sp³-hybridized carbons (Fsp3) is 0.200. The molecule has 7 nitrogen and oxygen atoms in total. The predicted molar refractivity (Wildman–Crippen MR) is 109 cm³/mol. The summed E-state index contributed by atoms with van der Waals surface area (Å²) in [5.41, 5.74) is 4.03. The van der Waals surface area contributed by atoms with E-state index in [-0.39, 0.29) is 5.91 Å². The highest BCUT2D eigenvalue weighted by molar-refractivity contribution is 6.30. The fourth-order valence-corrected chi connectivity index (χ4v) is 3.36. The van der Waals surface area contributed by atoms with Gasteiger partial charge in [0.05, 0.1) is 5.39 Å². The Labute approximate surface area is 167 Å². The second kappa shape index (κ2) is 7.09. The Morgan fingerprint density at radius 3 is 2.57 bits per heavy atom. The first kappa shape index (κ1) is 18.2. The molecule has 0 spiro atoms. The van der Waals surface area contributed by atoms with Gasteiger partial charge >= 0.3 is 0 Å². The molecule has 0 radical (unpaired) electrons. The monoisotopic (exact) mass is 394 g/mol. The summed E-state index contributed by atoms with van der Waals surface area (Å²) in [6, 6.07) is 9.24. The number of carbonyl (C=O) groups excluding carboxylic acids is 1. The van der Waals surface area contributed by atoms with Crippen LogP contribution in [0.15, 0.2) is 42.9 Å². The molecule has 0 aliphatic heterocycles. The summed E-state index contributed by atoms with van der Waals surface area (Å²) < 4.78 is 3.74. The van der Waals surface area contributed by atoms with Crippen LogP contribution in [0.4, 0.5) is 5.82 Å². The van der Waals surface area contributed by atoms with Crippen molar-refractivity contribution in [2.24, 2.45) is 0 Å². The third-order valence-corrected chi connectivity index (χ3v) is 5.06. The first-order valence-corrected chi connectivity index (χ1v) is 9.30. The van der Waals surface area contributed by atoms with Crippen LogP contribution in [0.1, 0.15) is 28.7 Å². The van der Waals surface area contributed by atoms with Gasteiger partial charge in [0.25, 0.3) is 5.91 Å². The SMILES string of the molecule is CCn1ccc(C(=O)Nc2ncnc3c2c(C)c(C)n3-c2ccc(Cl)cc2)n1. The number of hydrogen-bond donors (Lipinski definition) is 1.